The van der Waals surface area contributed by atoms with Crippen LogP contribution in [0.4, 0.5) is 11.4 Å². The molecule has 6 heteroatoms. The Kier molecular flexibility index (Phi) is 5.07. The summed E-state index contributed by atoms with van der Waals surface area (Å²) in [7, 11) is 0. The Bertz CT molecular complexity index is 775. The fraction of sp³-hybridized carbons (Fsp3) is 0.222. The highest BCUT2D eigenvalue weighted by molar-refractivity contribution is 6.36. The van der Waals surface area contributed by atoms with Crippen molar-refractivity contribution in [2.24, 2.45) is 0 Å². The summed E-state index contributed by atoms with van der Waals surface area (Å²) in [5, 5.41) is 3.69. The lowest BCUT2D eigenvalue weighted by molar-refractivity contribution is -0.117. The van der Waals surface area contributed by atoms with Crippen LogP contribution in [0.3, 0.4) is 0 Å². The van der Waals surface area contributed by atoms with E-state index in [9.17, 15) is 9.59 Å². The third-order valence-electron chi connectivity index (χ3n) is 3.89. The van der Waals surface area contributed by atoms with E-state index in [4.69, 9.17) is 23.2 Å². The second kappa shape index (κ2) is 7.24. The van der Waals surface area contributed by atoms with E-state index in [0.29, 0.717) is 22.2 Å². The molecule has 0 saturated carbocycles. The molecule has 1 saturated heterocycles. The van der Waals surface area contributed by atoms with Gasteiger partial charge in [-0.1, -0.05) is 35.3 Å². The van der Waals surface area contributed by atoms with Crippen molar-refractivity contribution in [3.63, 3.8) is 0 Å². The number of rotatable bonds is 4. The fourth-order valence-corrected chi connectivity index (χ4v) is 3.14. The Balaban J connectivity index is 1.63. The Morgan fingerprint density at radius 2 is 1.88 bits per heavy atom. The van der Waals surface area contributed by atoms with Crippen LogP contribution in [0.25, 0.3) is 0 Å². The van der Waals surface area contributed by atoms with Crippen LogP contribution in [0.5, 0.6) is 0 Å². The summed E-state index contributed by atoms with van der Waals surface area (Å²) in [6.07, 6.45) is 1.73. The van der Waals surface area contributed by atoms with Gasteiger partial charge in [-0.2, -0.15) is 0 Å². The molecule has 1 aliphatic rings. The van der Waals surface area contributed by atoms with Crippen LogP contribution in [0.15, 0.2) is 42.5 Å². The summed E-state index contributed by atoms with van der Waals surface area (Å²) in [5.74, 6) is -0.0119. The SMILES string of the molecule is O=C(Cc1ccc(N2CCCC2=O)cc1)Nc1ccc(Cl)cc1Cl. The van der Waals surface area contributed by atoms with Gasteiger partial charge in [-0.05, 0) is 42.3 Å². The van der Waals surface area contributed by atoms with E-state index < -0.39 is 0 Å². The molecule has 0 unspecified atom stereocenters. The molecule has 1 N–H and O–H groups in total. The molecule has 0 radical (unpaired) electrons. The number of carbonyl (C=O) groups excluding carboxylic acids is 2. The molecule has 4 nitrogen and oxygen atoms in total. The smallest absolute Gasteiger partial charge is 0.228 e. The first-order chi connectivity index (χ1) is 11.5. The van der Waals surface area contributed by atoms with E-state index in [1.54, 1.807) is 23.1 Å². The quantitative estimate of drug-likeness (QED) is 0.881. The van der Waals surface area contributed by atoms with Gasteiger partial charge in [0.05, 0.1) is 17.1 Å². The monoisotopic (exact) mass is 362 g/mol. The minimum absolute atomic E-state index is 0.151. The van der Waals surface area contributed by atoms with Gasteiger partial charge in [0.2, 0.25) is 11.8 Å². The lowest BCUT2D eigenvalue weighted by Crippen LogP contribution is -2.23. The summed E-state index contributed by atoms with van der Waals surface area (Å²) in [5.41, 5.74) is 2.28. The Morgan fingerprint density at radius 1 is 1.12 bits per heavy atom. The van der Waals surface area contributed by atoms with Crippen LogP contribution >= 0.6 is 23.2 Å². The van der Waals surface area contributed by atoms with Gasteiger partial charge in [-0.25, -0.2) is 0 Å². The van der Waals surface area contributed by atoms with E-state index >= 15 is 0 Å². The number of amides is 2. The molecular formula is C18H16Cl2N2O2. The van der Waals surface area contributed by atoms with Gasteiger partial charge in [0.1, 0.15) is 0 Å². The number of nitrogens with zero attached hydrogens (tertiary/aromatic N) is 1. The van der Waals surface area contributed by atoms with Gasteiger partial charge in [0, 0.05) is 23.7 Å². The van der Waals surface area contributed by atoms with Gasteiger partial charge in [-0.15, -0.1) is 0 Å². The second-order valence-electron chi connectivity index (χ2n) is 5.66. The lowest BCUT2D eigenvalue weighted by atomic mass is 10.1. The fourth-order valence-electron chi connectivity index (χ4n) is 2.69. The van der Waals surface area contributed by atoms with Crippen LogP contribution in [-0.2, 0) is 16.0 Å². The zero-order valence-electron chi connectivity index (χ0n) is 12.9. The first kappa shape index (κ1) is 16.8. The number of benzene rings is 2. The van der Waals surface area contributed by atoms with Gasteiger partial charge in [-0.3, -0.25) is 9.59 Å². The predicted molar refractivity (Wildman–Crippen MR) is 96.8 cm³/mol. The van der Waals surface area contributed by atoms with E-state index in [0.717, 1.165) is 24.2 Å². The average molecular weight is 363 g/mol. The van der Waals surface area contributed by atoms with Crippen molar-refractivity contribution >= 4 is 46.4 Å². The van der Waals surface area contributed by atoms with Crippen molar-refractivity contribution in [1.82, 2.24) is 0 Å². The largest absolute Gasteiger partial charge is 0.324 e. The number of nitrogens with one attached hydrogen (secondary N) is 1. The van der Waals surface area contributed by atoms with Crippen LogP contribution in [0, 0.1) is 0 Å². The van der Waals surface area contributed by atoms with Crippen molar-refractivity contribution in [3.8, 4) is 0 Å². The molecule has 0 bridgehead atoms. The Labute approximate surface area is 150 Å². The average Bonchev–Trinajstić information content (AvgIpc) is 2.97. The third kappa shape index (κ3) is 3.89. The van der Waals surface area contributed by atoms with Crippen molar-refractivity contribution in [2.75, 3.05) is 16.8 Å². The molecule has 0 spiro atoms. The number of halogens is 2. The second-order valence-corrected chi connectivity index (χ2v) is 6.51. The van der Waals surface area contributed by atoms with Crippen molar-refractivity contribution in [1.29, 1.82) is 0 Å². The molecule has 1 aliphatic heterocycles. The standard InChI is InChI=1S/C18H16Cl2N2O2/c19-13-5-8-16(15(20)11-13)21-17(23)10-12-3-6-14(7-4-12)22-9-1-2-18(22)24/h3-8,11H,1-2,9-10H2,(H,21,23). The maximum atomic E-state index is 12.1. The maximum absolute atomic E-state index is 12.1. The molecule has 3 rings (SSSR count). The summed E-state index contributed by atoms with van der Waals surface area (Å²) < 4.78 is 0. The molecule has 0 atom stereocenters. The number of anilines is 2. The van der Waals surface area contributed by atoms with Crippen LogP contribution < -0.4 is 10.2 Å². The Hall–Kier alpha value is -2.04. The molecule has 0 aromatic heterocycles. The topological polar surface area (TPSA) is 49.4 Å². The van der Waals surface area contributed by atoms with Crippen LogP contribution in [0.2, 0.25) is 10.0 Å². The van der Waals surface area contributed by atoms with E-state index in [1.807, 2.05) is 24.3 Å². The number of hydrogen-bond donors (Lipinski definition) is 1. The zero-order chi connectivity index (χ0) is 17.1. The van der Waals surface area contributed by atoms with Gasteiger partial charge >= 0.3 is 0 Å². The van der Waals surface area contributed by atoms with E-state index in [2.05, 4.69) is 5.32 Å². The van der Waals surface area contributed by atoms with Crippen molar-refractivity contribution in [3.05, 3.63) is 58.1 Å². The zero-order valence-corrected chi connectivity index (χ0v) is 14.4. The minimum Gasteiger partial charge on any atom is -0.324 e. The molecule has 2 aromatic carbocycles. The highest BCUT2D eigenvalue weighted by atomic mass is 35.5. The van der Waals surface area contributed by atoms with E-state index in [1.165, 1.54) is 0 Å². The maximum Gasteiger partial charge on any atom is 0.228 e. The summed E-state index contributed by atoms with van der Waals surface area (Å²) in [6.45, 7) is 0.758. The van der Waals surface area contributed by atoms with Gasteiger partial charge < -0.3 is 10.2 Å². The number of carbonyl (C=O) groups is 2. The predicted octanol–water partition coefficient (Wildman–Crippen LogP) is 4.30. The first-order valence-corrected chi connectivity index (χ1v) is 8.43. The first-order valence-electron chi connectivity index (χ1n) is 7.67. The molecule has 0 aliphatic carbocycles. The molecule has 1 heterocycles. The van der Waals surface area contributed by atoms with E-state index in [-0.39, 0.29) is 18.2 Å². The third-order valence-corrected chi connectivity index (χ3v) is 4.44. The van der Waals surface area contributed by atoms with Crippen molar-refractivity contribution < 1.29 is 9.59 Å². The number of hydrogen-bond acceptors (Lipinski definition) is 2. The van der Waals surface area contributed by atoms with Gasteiger partial charge in [0.25, 0.3) is 0 Å². The van der Waals surface area contributed by atoms with Crippen LogP contribution in [0.1, 0.15) is 18.4 Å². The Morgan fingerprint density at radius 3 is 2.50 bits per heavy atom. The summed E-state index contributed by atoms with van der Waals surface area (Å²) in [4.78, 5) is 25.7. The normalized spacial score (nSPS) is 14.1. The molecule has 2 amide bonds. The summed E-state index contributed by atoms with van der Waals surface area (Å²) in [6, 6.07) is 12.4. The highest BCUT2D eigenvalue weighted by Gasteiger charge is 2.21. The van der Waals surface area contributed by atoms with Crippen LogP contribution in [-0.4, -0.2) is 18.4 Å². The van der Waals surface area contributed by atoms with Crippen molar-refractivity contribution in [2.45, 2.75) is 19.3 Å². The highest BCUT2D eigenvalue weighted by Crippen LogP contribution is 2.26. The molecule has 24 heavy (non-hydrogen) atoms. The minimum atomic E-state index is -0.163. The summed E-state index contributed by atoms with van der Waals surface area (Å²) >= 11 is 11.9. The molecular weight excluding hydrogens is 347 g/mol. The molecule has 124 valence electrons. The lowest BCUT2D eigenvalue weighted by Gasteiger charge is -2.16. The van der Waals surface area contributed by atoms with Gasteiger partial charge in [0.15, 0.2) is 0 Å². The molecule has 2 aromatic rings. The molecule has 1 fully saturated rings.